The molecule has 0 bridgehead atoms. The van der Waals surface area contributed by atoms with Crippen LogP contribution in [-0.2, 0) is 4.79 Å². The first kappa shape index (κ1) is 12.6. The van der Waals surface area contributed by atoms with Crippen LogP contribution >= 0.6 is 0 Å². The summed E-state index contributed by atoms with van der Waals surface area (Å²) in [6.45, 7) is 9.28. The Morgan fingerprint density at radius 1 is 1.31 bits per heavy atom. The fourth-order valence-corrected chi connectivity index (χ4v) is 1.14. The van der Waals surface area contributed by atoms with Crippen molar-refractivity contribution in [2.75, 3.05) is 6.54 Å². The first-order valence-electron chi connectivity index (χ1n) is 5.31. The van der Waals surface area contributed by atoms with Gasteiger partial charge in [0.15, 0.2) is 0 Å². The maximum atomic E-state index is 11.4. The Hall–Kier alpha value is -0.370. The van der Waals surface area contributed by atoms with Crippen molar-refractivity contribution in [1.82, 2.24) is 5.32 Å². The van der Waals surface area contributed by atoms with E-state index in [2.05, 4.69) is 33.0 Å². The van der Waals surface area contributed by atoms with Crippen molar-refractivity contribution in [2.45, 2.75) is 53.0 Å². The Bertz CT molecular complexity index is 143. The number of Topliss-reactive ketones (excluding diaryl/α,β-unsaturated/α-hetero) is 1. The molecule has 0 radical (unpaired) electrons. The molecular weight excluding hydrogens is 162 g/mol. The highest BCUT2D eigenvalue weighted by atomic mass is 16.1. The van der Waals surface area contributed by atoms with Crippen molar-refractivity contribution < 1.29 is 4.79 Å². The van der Waals surface area contributed by atoms with Gasteiger partial charge in [-0.3, -0.25) is 4.79 Å². The van der Waals surface area contributed by atoms with Crippen molar-refractivity contribution in [3.8, 4) is 0 Å². The third kappa shape index (κ3) is 7.97. The van der Waals surface area contributed by atoms with Crippen molar-refractivity contribution in [1.29, 1.82) is 0 Å². The summed E-state index contributed by atoms with van der Waals surface area (Å²) in [5.74, 6) is 0.939. The van der Waals surface area contributed by atoms with Gasteiger partial charge in [-0.1, -0.05) is 34.1 Å². The lowest BCUT2D eigenvalue weighted by Crippen LogP contribution is -2.25. The van der Waals surface area contributed by atoms with Crippen LogP contribution in [0.2, 0.25) is 0 Å². The van der Waals surface area contributed by atoms with Gasteiger partial charge in [-0.05, 0) is 5.92 Å². The van der Waals surface area contributed by atoms with E-state index in [4.69, 9.17) is 0 Å². The van der Waals surface area contributed by atoms with Crippen molar-refractivity contribution in [3.05, 3.63) is 0 Å². The smallest absolute Gasteiger partial charge is 0.134 e. The summed E-state index contributed by atoms with van der Waals surface area (Å²) in [7, 11) is 0. The minimum Gasteiger partial charge on any atom is -0.314 e. The summed E-state index contributed by atoms with van der Waals surface area (Å²) < 4.78 is 0. The Kier molecular flexibility index (Phi) is 6.87. The summed E-state index contributed by atoms with van der Waals surface area (Å²) in [6, 6.07) is 0.483. The minimum absolute atomic E-state index is 0.391. The predicted octanol–water partition coefficient (Wildman–Crippen LogP) is 2.38. The molecule has 78 valence electrons. The molecule has 0 rings (SSSR count). The zero-order valence-corrected chi connectivity index (χ0v) is 9.39. The molecule has 0 fully saturated rings. The van der Waals surface area contributed by atoms with E-state index in [1.165, 1.54) is 0 Å². The number of hydrogen-bond donors (Lipinski definition) is 1. The summed E-state index contributed by atoms with van der Waals surface area (Å²) in [5.41, 5.74) is 0. The second-order valence-electron chi connectivity index (χ2n) is 4.12. The Balaban J connectivity index is 3.41. The number of carbonyl (C=O) groups is 1. The van der Waals surface area contributed by atoms with Crippen LogP contribution in [0.4, 0.5) is 0 Å². The molecule has 1 unspecified atom stereocenters. The maximum absolute atomic E-state index is 11.4. The second kappa shape index (κ2) is 7.07. The Morgan fingerprint density at radius 3 is 2.38 bits per heavy atom. The molecule has 0 aliphatic rings. The highest BCUT2D eigenvalue weighted by Crippen LogP contribution is 2.07. The van der Waals surface area contributed by atoms with Crippen LogP contribution in [0, 0.1) is 5.92 Å². The van der Waals surface area contributed by atoms with Gasteiger partial charge >= 0.3 is 0 Å². The van der Waals surface area contributed by atoms with Gasteiger partial charge < -0.3 is 5.32 Å². The third-order valence-electron chi connectivity index (χ3n) is 2.23. The van der Waals surface area contributed by atoms with E-state index in [1.54, 1.807) is 0 Å². The lowest BCUT2D eigenvalue weighted by Gasteiger charge is -2.09. The lowest BCUT2D eigenvalue weighted by atomic mass is 10.0. The highest BCUT2D eigenvalue weighted by molar-refractivity contribution is 5.78. The third-order valence-corrected chi connectivity index (χ3v) is 2.23. The van der Waals surface area contributed by atoms with E-state index in [0.717, 1.165) is 19.4 Å². The molecule has 0 saturated heterocycles. The van der Waals surface area contributed by atoms with Crippen LogP contribution in [0.1, 0.15) is 47.0 Å². The molecule has 1 N–H and O–H groups in total. The topological polar surface area (TPSA) is 29.1 Å². The zero-order valence-electron chi connectivity index (χ0n) is 9.39. The van der Waals surface area contributed by atoms with Gasteiger partial charge in [-0.25, -0.2) is 0 Å². The summed E-state index contributed by atoms with van der Waals surface area (Å²) >= 11 is 0. The van der Waals surface area contributed by atoms with Gasteiger partial charge in [0.25, 0.3) is 0 Å². The highest BCUT2D eigenvalue weighted by Gasteiger charge is 2.06. The SMILES string of the molecule is CCC(C)CC(=O)CCNC(C)C. The molecule has 0 heterocycles. The molecular formula is C11H23NO. The molecule has 0 saturated carbocycles. The normalized spacial score (nSPS) is 13.3. The minimum atomic E-state index is 0.391. The molecule has 2 nitrogen and oxygen atoms in total. The van der Waals surface area contributed by atoms with Gasteiger partial charge in [0.1, 0.15) is 5.78 Å². The second-order valence-corrected chi connectivity index (χ2v) is 4.12. The maximum Gasteiger partial charge on any atom is 0.134 e. The van der Waals surface area contributed by atoms with E-state index in [1.807, 2.05) is 0 Å². The zero-order chi connectivity index (χ0) is 10.3. The molecule has 0 aromatic heterocycles. The van der Waals surface area contributed by atoms with Gasteiger partial charge in [0, 0.05) is 25.4 Å². The molecule has 0 aliphatic heterocycles. The molecule has 0 spiro atoms. The first-order valence-corrected chi connectivity index (χ1v) is 5.31. The van der Waals surface area contributed by atoms with Crippen LogP contribution in [-0.4, -0.2) is 18.4 Å². The largest absolute Gasteiger partial charge is 0.314 e. The fourth-order valence-electron chi connectivity index (χ4n) is 1.14. The van der Waals surface area contributed by atoms with Gasteiger partial charge in [-0.15, -0.1) is 0 Å². The molecule has 13 heavy (non-hydrogen) atoms. The summed E-state index contributed by atoms with van der Waals surface area (Å²) in [5, 5.41) is 3.25. The number of nitrogens with one attached hydrogen (secondary N) is 1. The van der Waals surface area contributed by atoms with Gasteiger partial charge in [0.05, 0.1) is 0 Å². The molecule has 0 amide bonds. The van der Waals surface area contributed by atoms with Gasteiger partial charge in [-0.2, -0.15) is 0 Å². The average Bonchev–Trinajstić information content (AvgIpc) is 2.03. The van der Waals surface area contributed by atoms with E-state index in [9.17, 15) is 4.79 Å². The average molecular weight is 185 g/mol. The Morgan fingerprint density at radius 2 is 1.92 bits per heavy atom. The molecule has 0 aromatic carbocycles. The monoisotopic (exact) mass is 185 g/mol. The standard InChI is InChI=1S/C11H23NO/c1-5-10(4)8-11(13)6-7-12-9(2)3/h9-10,12H,5-8H2,1-4H3. The van der Waals surface area contributed by atoms with Crippen molar-refractivity contribution in [3.63, 3.8) is 0 Å². The van der Waals surface area contributed by atoms with E-state index in [-0.39, 0.29) is 0 Å². The fraction of sp³-hybridized carbons (Fsp3) is 0.909. The number of carbonyl (C=O) groups excluding carboxylic acids is 1. The van der Waals surface area contributed by atoms with E-state index in [0.29, 0.717) is 24.2 Å². The van der Waals surface area contributed by atoms with E-state index < -0.39 is 0 Å². The van der Waals surface area contributed by atoms with Gasteiger partial charge in [0.2, 0.25) is 0 Å². The molecule has 1 atom stereocenters. The van der Waals surface area contributed by atoms with Crippen LogP contribution in [0.5, 0.6) is 0 Å². The van der Waals surface area contributed by atoms with Crippen LogP contribution in [0.15, 0.2) is 0 Å². The lowest BCUT2D eigenvalue weighted by molar-refractivity contribution is -0.119. The molecule has 2 heteroatoms. The number of hydrogen-bond acceptors (Lipinski definition) is 2. The van der Waals surface area contributed by atoms with Crippen LogP contribution in [0.25, 0.3) is 0 Å². The summed E-state index contributed by atoms with van der Waals surface area (Å²) in [4.78, 5) is 11.4. The van der Waals surface area contributed by atoms with Crippen molar-refractivity contribution in [2.24, 2.45) is 5.92 Å². The Labute approximate surface area is 82.1 Å². The number of rotatable bonds is 7. The molecule has 0 aromatic rings. The van der Waals surface area contributed by atoms with Crippen LogP contribution in [0.3, 0.4) is 0 Å². The van der Waals surface area contributed by atoms with Crippen LogP contribution < -0.4 is 5.32 Å². The van der Waals surface area contributed by atoms with E-state index >= 15 is 0 Å². The summed E-state index contributed by atoms with van der Waals surface area (Å²) in [6.07, 6.45) is 2.53. The predicted molar refractivity (Wildman–Crippen MR) is 56.8 cm³/mol. The molecule has 0 aliphatic carbocycles. The number of ketones is 1. The quantitative estimate of drug-likeness (QED) is 0.660. The van der Waals surface area contributed by atoms with Crippen molar-refractivity contribution >= 4 is 5.78 Å². The first-order chi connectivity index (χ1) is 6.06.